The smallest absolute Gasteiger partial charge is 0.124 e. The van der Waals surface area contributed by atoms with E-state index in [9.17, 15) is 0 Å². The number of nitrogens with one attached hydrogen (secondary N) is 1. The van der Waals surface area contributed by atoms with E-state index in [0.29, 0.717) is 10.4 Å². The molecule has 0 radical (unpaired) electrons. The fourth-order valence-corrected chi connectivity index (χ4v) is 2.51. The highest BCUT2D eigenvalue weighted by atomic mass is 35.5. The van der Waals surface area contributed by atoms with E-state index < -0.39 is 0 Å². The molecular weight excluding hydrogens is 246 g/mol. The molecule has 0 amide bonds. The summed E-state index contributed by atoms with van der Waals surface area (Å²) in [7, 11) is 0. The third-order valence-electron chi connectivity index (χ3n) is 3.71. The number of nitrogens with two attached hydrogens (primary N) is 1. The zero-order valence-electron chi connectivity index (χ0n) is 11.0. The van der Waals surface area contributed by atoms with Gasteiger partial charge in [0.15, 0.2) is 0 Å². The summed E-state index contributed by atoms with van der Waals surface area (Å²) in [5.74, 6) is 0.103. The van der Waals surface area contributed by atoms with Crippen LogP contribution in [-0.2, 0) is 0 Å². The van der Waals surface area contributed by atoms with Gasteiger partial charge >= 0.3 is 0 Å². The summed E-state index contributed by atoms with van der Waals surface area (Å²) < 4.78 is 0. The Morgan fingerprint density at radius 3 is 2.50 bits per heavy atom. The Morgan fingerprint density at radius 2 is 1.94 bits per heavy atom. The number of rotatable bonds is 2. The molecule has 3 nitrogen and oxygen atoms in total. The second-order valence-corrected chi connectivity index (χ2v) is 6.16. The fraction of sp³-hybridized carbons (Fsp3) is 0.500. The SMILES string of the molecule is CC1(C)CCN(c2cc(Cl)ccc2C(=N)N)CC1. The van der Waals surface area contributed by atoms with Gasteiger partial charge in [0.05, 0.1) is 0 Å². The maximum absolute atomic E-state index is 7.65. The first-order chi connectivity index (χ1) is 8.39. The van der Waals surface area contributed by atoms with E-state index in [4.69, 9.17) is 22.7 Å². The van der Waals surface area contributed by atoms with Crippen molar-refractivity contribution in [3.63, 3.8) is 0 Å². The van der Waals surface area contributed by atoms with Gasteiger partial charge in [0.1, 0.15) is 5.84 Å². The summed E-state index contributed by atoms with van der Waals surface area (Å²) in [6.07, 6.45) is 2.30. The summed E-state index contributed by atoms with van der Waals surface area (Å²) >= 11 is 6.06. The van der Waals surface area contributed by atoms with Crippen molar-refractivity contribution in [3.8, 4) is 0 Å². The van der Waals surface area contributed by atoms with E-state index >= 15 is 0 Å². The fourth-order valence-electron chi connectivity index (χ4n) is 2.35. The Kier molecular flexibility index (Phi) is 3.53. The van der Waals surface area contributed by atoms with E-state index in [1.807, 2.05) is 12.1 Å². The Labute approximate surface area is 113 Å². The molecule has 0 saturated carbocycles. The zero-order chi connectivity index (χ0) is 13.3. The molecule has 3 N–H and O–H groups in total. The molecule has 0 unspecified atom stereocenters. The second kappa shape index (κ2) is 4.81. The number of nitrogens with zero attached hydrogens (tertiary/aromatic N) is 1. The van der Waals surface area contributed by atoms with Gasteiger partial charge in [-0.1, -0.05) is 25.4 Å². The first-order valence-electron chi connectivity index (χ1n) is 6.28. The van der Waals surface area contributed by atoms with Gasteiger partial charge in [-0.3, -0.25) is 5.41 Å². The maximum atomic E-state index is 7.65. The minimum absolute atomic E-state index is 0.103. The van der Waals surface area contributed by atoms with E-state index in [1.54, 1.807) is 6.07 Å². The third-order valence-corrected chi connectivity index (χ3v) is 3.94. The monoisotopic (exact) mass is 265 g/mol. The highest BCUT2D eigenvalue weighted by Gasteiger charge is 2.26. The lowest BCUT2D eigenvalue weighted by molar-refractivity contribution is 0.280. The van der Waals surface area contributed by atoms with Gasteiger partial charge in [-0.15, -0.1) is 0 Å². The van der Waals surface area contributed by atoms with E-state index in [2.05, 4.69) is 18.7 Å². The van der Waals surface area contributed by atoms with Gasteiger partial charge in [0.2, 0.25) is 0 Å². The molecule has 0 aromatic heterocycles. The van der Waals surface area contributed by atoms with Gasteiger partial charge in [-0.2, -0.15) is 0 Å². The zero-order valence-corrected chi connectivity index (χ0v) is 11.7. The lowest BCUT2D eigenvalue weighted by Gasteiger charge is -2.39. The van der Waals surface area contributed by atoms with Gasteiger partial charge < -0.3 is 10.6 Å². The molecule has 0 atom stereocenters. The summed E-state index contributed by atoms with van der Waals surface area (Å²) in [6.45, 7) is 6.59. The van der Waals surface area contributed by atoms with Crippen molar-refractivity contribution in [2.75, 3.05) is 18.0 Å². The average molecular weight is 266 g/mol. The lowest BCUT2D eigenvalue weighted by atomic mass is 9.82. The van der Waals surface area contributed by atoms with Crippen molar-refractivity contribution in [2.24, 2.45) is 11.1 Å². The number of hydrogen-bond acceptors (Lipinski definition) is 2. The first kappa shape index (κ1) is 13.2. The highest BCUT2D eigenvalue weighted by molar-refractivity contribution is 6.31. The van der Waals surface area contributed by atoms with Gasteiger partial charge in [-0.05, 0) is 36.5 Å². The number of halogens is 1. The Balaban J connectivity index is 2.28. The molecule has 18 heavy (non-hydrogen) atoms. The van der Waals surface area contributed by atoms with Crippen molar-refractivity contribution >= 4 is 23.1 Å². The molecule has 98 valence electrons. The van der Waals surface area contributed by atoms with E-state index in [0.717, 1.165) is 37.2 Å². The number of anilines is 1. The molecule has 1 heterocycles. The topological polar surface area (TPSA) is 53.1 Å². The molecule has 2 rings (SSSR count). The molecular formula is C14H20ClN3. The summed E-state index contributed by atoms with van der Waals surface area (Å²) in [5, 5.41) is 8.35. The Morgan fingerprint density at radius 1 is 1.33 bits per heavy atom. The molecule has 0 bridgehead atoms. The third kappa shape index (κ3) is 2.78. The molecule has 0 aliphatic carbocycles. The second-order valence-electron chi connectivity index (χ2n) is 5.73. The van der Waals surface area contributed by atoms with Crippen LogP contribution in [-0.4, -0.2) is 18.9 Å². The van der Waals surface area contributed by atoms with Crippen LogP contribution in [0.3, 0.4) is 0 Å². The summed E-state index contributed by atoms with van der Waals surface area (Å²) in [6, 6.07) is 5.53. The van der Waals surface area contributed by atoms with Gasteiger partial charge in [0, 0.05) is 29.4 Å². The minimum Gasteiger partial charge on any atom is -0.384 e. The molecule has 1 saturated heterocycles. The largest absolute Gasteiger partial charge is 0.384 e. The van der Waals surface area contributed by atoms with Crippen LogP contribution in [0.1, 0.15) is 32.3 Å². The van der Waals surface area contributed by atoms with Crippen molar-refractivity contribution in [1.82, 2.24) is 0 Å². The standard InChI is InChI=1S/C14H20ClN3/c1-14(2)5-7-18(8-6-14)12-9-10(15)3-4-11(12)13(16)17/h3-4,9H,5-8H2,1-2H3,(H3,16,17). The Bertz CT molecular complexity index is 458. The quantitative estimate of drug-likeness (QED) is 0.637. The Hall–Kier alpha value is -1.22. The normalized spacial score (nSPS) is 18.7. The van der Waals surface area contributed by atoms with E-state index in [-0.39, 0.29) is 5.84 Å². The molecule has 0 spiro atoms. The highest BCUT2D eigenvalue weighted by Crippen LogP contribution is 2.34. The molecule has 1 aromatic rings. The van der Waals surface area contributed by atoms with Gasteiger partial charge in [-0.25, -0.2) is 0 Å². The van der Waals surface area contributed by atoms with Crippen LogP contribution in [0.2, 0.25) is 5.02 Å². The van der Waals surface area contributed by atoms with Crippen LogP contribution in [0.15, 0.2) is 18.2 Å². The number of hydrogen-bond donors (Lipinski definition) is 2. The minimum atomic E-state index is 0.103. The van der Waals surface area contributed by atoms with E-state index in [1.165, 1.54) is 0 Å². The van der Waals surface area contributed by atoms with Crippen molar-refractivity contribution in [3.05, 3.63) is 28.8 Å². The van der Waals surface area contributed by atoms with Crippen LogP contribution in [0.4, 0.5) is 5.69 Å². The molecule has 1 aromatic carbocycles. The molecule has 1 aliphatic heterocycles. The van der Waals surface area contributed by atoms with Gasteiger partial charge in [0.25, 0.3) is 0 Å². The number of piperidine rings is 1. The van der Waals surface area contributed by atoms with Crippen LogP contribution < -0.4 is 10.6 Å². The summed E-state index contributed by atoms with van der Waals surface area (Å²) in [5.41, 5.74) is 7.81. The maximum Gasteiger partial charge on any atom is 0.124 e. The van der Waals surface area contributed by atoms with Crippen LogP contribution >= 0.6 is 11.6 Å². The number of benzene rings is 1. The number of nitrogen functional groups attached to an aromatic ring is 1. The predicted molar refractivity (Wildman–Crippen MR) is 77.7 cm³/mol. The molecule has 4 heteroatoms. The van der Waals surface area contributed by atoms with Crippen LogP contribution in [0.5, 0.6) is 0 Å². The van der Waals surface area contributed by atoms with Crippen molar-refractivity contribution in [2.45, 2.75) is 26.7 Å². The van der Waals surface area contributed by atoms with Crippen molar-refractivity contribution in [1.29, 1.82) is 5.41 Å². The first-order valence-corrected chi connectivity index (χ1v) is 6.66. The van der Waals surface area contributed by atoms with Crippen LogP contribution in [0.25, 0.3) is 0 Å². The summed E-state index contributed by atoms with van der Waals surface area (Å²) in [4.78, 5) is 2.29. The molecule has 1 fully saturated rings. The van der Waals surface area contributed by atoms with Crippen LogP contribution in [0, 0.1) is 10.8 Å². The van der Waals surface area contributed by atoms with Crippen molar-refractivity contribution < 1.29 is 0 Å². The molecule has 1 aliphatic rings. The average Bonchev–Trinajstić information content (AvgIpc) is 2.28. The lowest BCUT2D eigenvalue weighted by Crippen LogP contribution is -2.38. The predicted octanol–water partition coefficient (Wildman–Crippen LogP) is 3.25. The number of amidine groups is 1.